The molecule has 8 heteroatoms. The highest BCUT2D eigenvalue weighted by Gasteiger charge is 2.11. The molecule has 0 saturated carbocycles. The van der Waals surface area contributed by atoms with Crippen molar-refractivity contribution in [2.24, 2.45) is 10.1 Å². The van der Waals surface area contributed by atoms with Crippen LogP contribution in [0.5, 0.6) is 11.5 Å². The molecule has 0 atom stereocenters. The average Bonchev–Trinajstić information content (AvgIpc) is 3.49. The summed E-state index contributed by atoms with van der Waals surface area (Å²) in [7, 11) is 1.67. The van der Waals surface area contributed by atoms with Crippen molar-refractivity contribution < 1.29 is 14.3 Å². The molecule has 1 amide bonds. The molecule has 0 unspecified atom stereocenters. The lowest BCUT2D eigenvalue weighted by Crippen LogP contribution is -2.17. The normalized spacial score (nSPS) is 13.0. The minimum atomic E-state index is -0.289. The summed E-state index contributed by atoms with van der Waals surface area (Å²) in [6.07, 6.45) is 1.63. The van der Waals surface area contributed by atoms with Gasteiger partial charge in [0.1, 0.15) is 22.5 Å². The van der Waals surface area contributed by atoms with Crippen LogP contribution in [0, 0.1) is 0 Å². The third-order valence-corrected chi connectivity index (χ3v) is 8.29. The zero-order chi connectivity index (χ0) is 26.2. The molecule has 38 heavy (non-hydrogen) atoms. The number of rotatable bonds is 9. The number of hydrogen-bond donors (Lipinski definition) is 1. The fourth-order valence-corrected chi connectivity index (χ4v) is 6.03. The number of methoxy groups -OCH3 is 1. The van der Waals surface area contributed by atoms with Crippen molar-refractivity contribution >= 4 is 50.8 Å². The van der Waals surface area contributed by atoms with Gasteiger partial charge in [0, 0.05) is 22.6 Å². The average molecular weight is 542 g/mol. The molecule has 1 aliphatic rings. The smallest absolute Gasteiger partial charge is 0.271 e. The van der Waals surface area contributed by atoms with Gasteiger partial charge in [0.15, 0.2) is 0 Å². The monoisotopic (exact) mass is 541 g/mol. The molecule has 0 fully saturated rings. The molecule has 4 aromatic rings. The fourth-order valence-electron chi connectivity index (χ4n) is 4.05. The summed E-state index contributed by atoms with van der Waals surface area (Å²) in [5.41, 5.74) is 6.15. The first-order chi connectivity index (χ1) is 18.7. The highest BCUT2D eigenvalue weighted by Crippen LogP contribution is 2.29. The van der Waals surface area contributed by atoms with Crippen molar-refractivity contribution in [3.05, 3.63) is 107 Å². The summed E-state index contributed by atoms with van der Waals surface area (Å²) in [6.45, 7) is 1.34. The molecule has 0 radical (unpaired) electrons. The Labute approximate surface area is 230 Å². The highest BCUT2D eigenvalue weighted by molar-refractivity contribution is 8.38. The molecular formula is C30H27N3O3S2. The Bertz CT molecular complexity index is 1480. The first-order valence-electron chi connectivity index (χ1n) is 12.2. The van der Waals surface area contributed by atoms with E-state index in [0.717, 1.165) is 44.9 Å². The molecule has 0 aliphatic carbocycles. The van der Waals surface area contributed by atoms with E-state index in [0.29, 0.717) is 17.9 Å². The van der Waals surface area contributed by atoms with Gasteiger partial charge < -0.3 is 9.47 Å². The molecule has 192 valence electrons. The standard InChI is InChI=1S/C30H27N3O3S2/c1-35-28-14-9-21(17-25(28)20-38-30-31-15-16-37-30)18-32-33-29(34)23-10-12-26(13-11-23)36-19-24-7-4-6-22-5-2-3-8-27(22)24/h2-14,17-18H,15-16,19-20H2,1H3,(H,33,34)/b32-18-. The molecule has 1 heterocycles. The largest absolute Gasteiger partial charge is 0.496 e. The zero-order valence-corrected chi connectivity index (χ0v) is 22.6. The molecule has 0 bridgehead atoms. The van der Waals surface area contributed by atoms with Crippen LogP contribution < -0.4 is 14.9 Å². The molecule has 1 N–H and O–H groups in total. The van der Waals surface area contributed by atoms with Crippen molar-refractivity contribution in [2.75, 3.05) is 19.4 Å². The van der Waals surface area contributed by atoms with E-state index in [1.54, 1.807) is 61.1 Å². The SMILES string of the molecule is COc1ccc(/C=N\NC(=O)c2ccc(OCc3cccc4ccccc34)cc2)cc1CSC1=NCCS1. The number of hydrogen-bond acceptors (Lipinski definition) is 7. The lowest BCUT2D eigenvalue weighted by atomic mass is 10.1. The topological polar surface area (TPSA) is 72.3 Å². The first-order valence-corrected chi connectivity index (χ1v) is 14.2. The van der Waals surface area contributed by atoms with Crippen molar-refractivity contribution in [1.29, 1.82) is 0 Å². The van der Waals surface area contributed by atoms with E-state index < -0.39 is 0 Å². The van der Waals surface area contributed by atoms with Crippen LogP contribution >= 0.6 is 23.5 Å². The summed E-state index contributed by atoms with van der Waals surface area (Å²) in [5, 5.41) is 6.51. The van der Waals surface area contributed by atoms with E-state index in [2.05, 4.69) is 39.8 Å². The van der Waals surface area contributed by atoms with Crippen LogP contribution in [-0.4, -0.2) is 35.9 Å². The molecule has 6 nitrogen and oxygen atoms in total. The number of fused-ring (bicyclic) bond motifs is 1. The lowest BCUT2D eigenvalue weighted by Gasteiger charge is -2.10. The predicted molar refractivity (Wildman–Crippen MR) is 159 cm³/mol. The van der Waals surface area contributed by atoms with Crippen molar-refractivity contribution in [3.63, 3.8) is 0 Å². The van der Waals surface area contributed by atoms with Gasteiger partial charge in [-0.25, -0.2) is 5.43 Å². The Morgan fingerprint density at radius 1 is 1.05 bits per heavy atom. The molecule has 1 aliphatic heterocycles. The summed E-state index contributed by atoms with van der Waals surface area (Å²) in [4.78, 5) is 17.1. The van der Waals surface area contributed by atoms with Gasteiger partial charge in [0.05, 0.1) is 19.9 Å². The van der Waals surface area contributed by atoms with Gasteiger partial charge in [-0.15, -0.1) is 0 Å². The third kappa shape index (κ3) is 6.57. The molecular weight excluding hydrogens is 514 g/mol. The van der Waals surface area contributed by atoms with E-state index in [9.17, 15) is 4.79 Å². The van der Waals surface area contributed by atoms with Crippen LogP contribution in [0.4, 0.5) is 0 Å². The van der Waals surface area contributed by atoms with Crippen molar-refractivity contribution in [1.82, 2.24) is 5.43 Å². The second-order valence-corrected chi connectivity index (χ2v) is 10.8. The number of carbonyl (C=O) groups is 1. The quantitative estimate of drug-likeness (QED) is 0.193. The van der Waals surface area contributed by atoms with Gasteiger partial charge >= 0.3 is 0 Å². The number of carbonyl (C=O) groups excluding carboxylic acids is 1. The van der Waals surface area contributed by atoms with Gasteiger partial charge in [-0.1, -0.05) is 66.0 Å². The number of thioether (sulfide) groups is 2. The van der Waals surface area contributed by atoms with Crippen LogP contribution in [0.15, 0.2) is 95.0 Å². The number of benzene rings is 4. The van der Waals surface area contributed by atoms with Crippen LogP contribution in [0.1, 0.15) is 27.0 Å². The van der Waals surface area contributed by atoms with Gasteiger partial charge in [-0.3, -0.25) is 9.79 Å². The predicted octanol–water partition coefficient (Wildman–Crippen LogP) is 6.53. The van der Waals surface area contributed by atoms with Gasteiger partial charge in [-0.05, 0) is 64.4 Å². The van der Waals surface area contributed by atoms with Crippen LogP contribution in [0.3, 0.4) is 0 Å². The maximum absolute atomic E-state index is 12.6. The number of nitrogens with one attached hydrogen (secondary N) is 1. The Morgan fingerprint density at radius 3 is 2.71 bits per heavy atom. The fraction of sp³-hybridized carbons (Fsp3) is 0.167. The number of hydrazone groups is 1. The Kier molecular flexibility index (Phi) is 8.63. The maximum Gasteiger partial charge on any atom is 0.271 e. The number of amides is 1. The van der Waals surface area contributed by atoms with Gasteiger partial charge in [-0.2, -0.15) is 5.10 Å². The molecule has 0 saturated heterocycles. The van der Waals surface area contributed by atoms with Gasteiger partial charge in [0.2, 0.25) is 0 Å². The Balaban J connectivity index is 1.16. The van der Waals surface area contributed by atoms with Crippen molar-refractivity contribution in [3.8, 4) is 11.5 Å². The minimum absolute atomic E-state index is 0.289. The molecule has 0 aromatic heterocycles. The second kappa shape index (κ2) is 12.7. The summed E-state index contributed by atoms with van der Waals surface area (Å²) in [5.74, 6) is 3.04. The van der Waals surface area contributed by atoms with E-state index in [1.165, 1.54) is 10.8 Å². The molecule has 4 aromatic carbocycles. The first kappa shape index (κ1) is 25.9. The summed E-state index contributed by atoms with van der Waals surface area (Å²) < 4.78 is 12.6. The van der Waals surface area contributed by atoms with E-state index >= 15 is 0 Å². The van der Waals surface area contributed by atoms with Crippen LogP contribution in [0.25, 0.3) is 10.8 Å². The number of ether oxygens (including phenoxy) is 2. The summed E-state index contributed by atoms with van der Waals surface area (Å²) in [6, 6.07) is 27.3. The van der Waals surface area contributed by atoms with Crippen molar-refractivity contribution in [2.45, 2.75) is 12.4 Å². The number of nitrogens with zero attached hydrogens (tertiary/aromatic N) is 2. The molecule has 0 spiro atoms. The van der Waals surface area contributed by atoms with Gasteiger partial charge in [0.25, 0.3) is 5.91 Å². The highest BCUT2D eigenvalue weighted by atomic mass is 32.2. The maximum atomic E-state index is 12.6. The summed E-state index contributed by atoms with van der Waals surface area (Å²) >= 11 is 3.50. The Morgan fingerprint density at radius 2 is 1.89 bits per heavy atom. The van der Waals surface area contributed by atoms with Crippen LogP contribution in [0.2, 0.25) is 0 Å². The van der Waals surface area contributed by atoms with Crippen LogP contribution in [-0.2, 0) is 12.4 Å². The zero-order valence-electron chi connectivity index (χ0n) is 20.9. The third-order valence-electron chi connectivity index (χ3n) is 5.98. The van der Waals surface area contributed by atoms with E-state index in [1.807, 2.05) is 36.4 Å². The van der Waals surface area contributed by atoms with E-state index in [4.69, 9.17) is 9.47 Å². The second-order valence-electron chi connectivity index (χ2n) is 8.51. The minimum Gasteiger partial charge on any atom is -0.496 e. The van der Waals surface area contributed by atoms with E-state index in [-0.39, 0.29) is 5.91 Å². The lowest BCUT2D eigenvalue weighted by molar-refractivity contribution is 0.0955. The Hall–Kier alpha value is -3.75. The number of aliphatic imine (C=N–C) groups is 1. The molecule has 5 rings (SSSR count).